The van der Waals surface area contributed by atoms with Gasteiger partial charge in [0.2, 0.25) is 0 Å². The maximum atomic E-state index is 13.6. The van der Waals surface area contributed by atoms with E-state index < -0.39 is 35.2 Å². The van der Waals surface area contributed by atoms with Gasteiger partial charge in [0, 0.05) is 134 Å². The van der Waals surface area contributed by atoms with Crippen molar-refractivity contribution in [2.75, 3.05) is 113 Å². The number of likely N-dealkylation sites (tertiary alicyclic amines) is 3. The highest BCUT2D eigenvalue weighted by Gasteiger charge is 2.39. The van der Waals surface area contributed by atoms with E-state index in [0.717, 1.165) is 111 Å². The molecule has 4 atom stereocenters. The Bertz CT molecular complexity index is 5290. The van der Waals surface area contributed by atoms with Gasteiger partial charge in [0.05, 0.1) is 28.9 Å². The molecule has 1 aliphatic carbocycles. The zero-order chi connectivity index (χ0) is 108. The Balaban J connectivity index is 0.000000207. The van der Waals surface area contributed by atoms with Crippen LogP contribution in [0.1, 0.15) is 348 Å². The molecule has 5 heterocycles. The summed E-state index contributed by atoms with van der Waals surface area (Å²) in [6.07, 6.45) is -6.34. The fourth-order valence-corrected chi connectivity index (χ4v) is 18.6. The van der Waals surface area contributed by atoms with Crippen molar-refractivity contribution in [3.63, 3.8) is 0 Å². The minimum absolute atomic E-state index is 0.0111. The highest BCUT2D eigenvalue weighted by atomic mass is 19.4. The Morgan fingerprint density at radius 1 is 0.476 bits per heavy atom. The topological polar surface area (TPSA) is 102 Å². The number of ether oxygens (including phenoxy) is 2. The molecule has 6 fully saturated rings. The van der Waals surface area contributed by atoms with Crippen molar-refractivity contribution >= 4 is 5.91 Å². The molecule has 1 saturated carbocycles. The number of nitrogens with one attached hydrogen (secondary N) is 2. The van der Waals surface area contributed by atoms with Crippen molar-refractivity contribution in [3.8, 4) is 11.5 Å². The summed E-state index contributed by atoms with van der Waals surface area (Å²) >= 11 is 0. The molecule has 8 aromatic carbocycles. The lowest BCUT2D eigenvalue weighted by molar-refractivity contribution is -0.139. The number of aliphatic hydroxyl groups is 1. The standard InChI is InChI=1S/C21H28O.C19H30N2.C18H27F3N2.C18H28N2O.C17H25F3N2.C16H22F3NO.C13H19FO/c1-15(2)19-12-16(3)10-11-20(19)22-14-17-8-7-9-18(13-17)21(4,5)6;1-19(2,3)18-12-15(11-17(13-18)16-5-6-16)14-21-9-7-20(4)8-10-21;1-17(2,3)14-8-13(9-15(10-14)18(19,20)21)11-23-7-6-16(12-23)22(4)5;1-5-20-12-6-7-16(20)13-19-17(21)14-8-10-15(11-9-14)18(2,3)4;1-12-10-22(8-7-21-12)11-13-5-6-14(16(2,3)4)9-15(13)17(18,19)20;1-15(2,3)12-6-11(7-13(8-12)16(17,18)19)9-20-5-4-14(21)10-20;1-9(2)15-12-10(13(3,4)5)7-6-8-11(12)14/h7-13,15H,14H2,1-6H3;11-13,16H,5-10,14H2,1-4H3;8-10,16H,6-7,11-12H2,1-5H3;8-11,16H,5-7,12-13H2,1-4H3,(H,19,21);5-6,9,12,21H,7-8,10-11H2,1-4H3;6-8,14,21H,4-5,9-10H2,1-3H3;6-9H,1-5H3/t;;16-;;;14-;/m..1..1./s1. The summed E-state index contributed by atoms with van der Waals surface area (Å²) in [6.45, 7) is 74.8. The quantitative estimate of drug-likeness (QED) is 0.0633. The third kappa shape index (κ3) is 39.9. The van der Waals surface area contributed by atoms with E-state index in [4.69, 9.17) is 9.47 Å². The lowest BCUT2D eigenvalue weighted by Gasteiger charge is -2.32. The molecule has 806 valence electrons. The Labute approximate surface area is 866 Å². The Kier molecular flexibility index (Phi) is 43.7. The summed E-state index contributed by atoms with van der Waals surface area (Å²) in [5, 5.41) is 15.9. The molecule has 3 N–H and O–H groups in total. The van der Waals surface area contributed by atoms with Gasteiger partial charge in [-0.05, 0) is 277 Å². The predicted octanol–water partition coefficient (Wildman–Crippen LogP) is 28.2. The summed E-state index contributed by atoms with van der Waals surface area (Å²) in [5.74, 6) is 2.46. The maximum Gasteiger partial charge on any atom is 0.416 e. The van der Waals surface area contributed by atoms with E-state index >= 15 is 0 Å². The van der Waals surface area contributed by atoms with Crippen LogP contribution in [0.4, 0.5) is 43.9 Å². The van der Waals surface area contributed by atoms with Crippen molar-refractivity contribution in [1.82, 2.24) is 44.9 Å². The van der Waals surface area contributed by atoms with E-state index in [0.29, 0.717) is 85.7 Å². The van der Waals surface area contributed by atoms with Gasteiger partial charge in [-0.15, -0.1) is 0 Å². The molecule has 13 nitrogen and oxygen atoms in total. The Morgan fingerprint density at radius 2 is 0.972 bits per heavy atom. The van der Waals surface area contributed by atoms with Crippen molar-refractivity contribution in [2.45, 2.75) is 364 Å². The van der Waals surface area contributed by atoms with E-state index in [9.17, 15) is 53.8 Å². The average molecular weight is 2030 g/mol. The van der Waals surface area contributed by atoms with Crippen molar-refractivity contribution in [1.29, 1.82) is 0 Å². The average Bonchev–Trinajstić information content (AvgIpc) is 1.78. The fraction of sp³-hybridized carbons (Fsp3) is 0.598. The number of para-hydroxylation sites is 1. The van der Waals surface area contributed by atoms with E-state index in [1.165, 1.54) is 127 Å². The molecule has 8 aromatic rings. The van der Waals surface area contributed by atoms with Gasteiger partial charge < -0.3 is 35.0 Å². The van der Waals surface area contributed by atoms with E-state index in [-0.39, 0.29) is 61.8 Å². The van der Waals surface area contributed by atoms with E-state index in [1.807, 2.05) is 117 Å². The maximum absolute atomic E-state index is 13.6. The van der Waals surface area contributed by atoms with Crippen LogP contribution in [-0.2, 0) is 89.2 Å². The Morgan fingerprint density at radius 3 is 1.46 bits per heavy atom. The van der Waals surface area contributed by atoms with E-state index in [1.54, 1.807) is 17.7 Å². The molecule has 0 radical (unpaired) electrons. The number of likely N-dealkylation sites (N-methyl/N-ethyl adjacent to an activating group) is 3. The largest absolute Gasteiger partial charge is 0.489 e. The molecule has 14 rings (SSSR count). The number of carbonyl (C=O) groups excluding carboxylic acids is 1. The van der Waals surface area contributed by atoms with Crippen LogP contribution in [0.15, 0.2) is 158 Å². The molecular weight excluding hydrogens is 1850 g/mol. The first kappa shape index (κ1) is 122. The normalized spacial score (nSPS) is 18.5. The highest BCUT2D eigenvalue weighted by Crippen LogP contribution is 2.44. The van der Waals surface area contributed by atoms with Crippen LogP contribution in [0, 0.1) is 12.7 Å². The smallest absolute Gasteiger partial charge is 0.416 e. The Hall–Kier alpha value is -8.23. The van der Waals surface area contributed by atoms with Gasteiger partial charge in [-0.2, -0.15) is 39.5 Å². The van der Waals surface area contributed by atoms with E-state index in [2.05, 4.69) is 252 Å². The number of hydrogen-bond acceptors (Lipinski definition) is 12. The third-order valence-electron chi connectivity index (χ3n) is 28.0. The first-order valence-electron chi connectivity index (χ1n) is 52.9. The first-order chi connectivity index (χ1) is 67.0. The fourth-order valence-electron chi connectivity index (χ4n) is 18.6. The number of nitrogens with zero attached hydrogens (tertiary/aromatic N) is 7. The summed E-state index contributed by atoms with van der Waals surface area (Å²) in [5.41, 5.74) is 14.5. The minimum Gasteiger partial charge on any atom is -0.489 e. The highest BCUT2D eigenvalue weighted by molar-refractivity contribution is 5.94. The molecule has 6 aliphatic rings. The van der Waals surface area contributed by atoms with Gasteiger partial charge in [0.25, 0.3) is 5.91 Å². The third-order valence-corrected chi connectivity index (χ3v) is 28.0. The van der Waals surface area contributed by atoms with Crippen molar-refractivity contribution < 1.29 is 63.3 Å². The number of carbonyl (C=O) groups is 1. The van der Waals surface area contributed by atoms with Crippen LogP contribution in [0.3, 0.4) is 0 Å². The van der Waals surface area contributed by atoms with Gasteiger partial charge in [0.1, 0.15) is 12.4 Å². The van der Waals surface area contributed by atoms with Gasteiger partial charge in [0.15, 0.2) is 11.6 Å². The number of hydrogen-bond donors (Lipinski definition) is 3. The number of β-amino-alcohol motifs (C(OH)–C–C–N with tert-alkyl or cyclic N) is 1. The summed E-state index contributed by atoms with van der Waals surface area (Å²) in [4.78, 5) is 28.2. The van der Waals surface area contributed by atoms with Gasteiger partial charge in [-0.3, -0.25) is 29.3 Å². The first-order valence-corrected chi connectivity index (χ1v) is 52.9. The van der Waals surface area contributed by atoms with Crippen LogP contribution in [-0.4, -0.2) is 188 Å². The zero-order valence-corrected chi connectivity index (χ0v) is 93.8. The van der Waals surface area contributed by atoms with Crippen LogP contribution in [0.2, 0.25) is 0 Å². The second-order valence-corrected chi connectivity index (χ2v) is 49.4. The SMILES string of the molecule is CC(C)(C)c1cc(CN2CC[C@@H](O)C2)cc(C(F)(F)F)c1.CC(C)Oc1c(F)cccc1C(C)(C)C.CC1CN(Cc2ccc(C(C)(C)C)cc2C(F)(F)F)CCN1.CCN1CCCC1CNC(=O)c1ccc(C(C)(C)C)cc1.CN(C)[C@@H]1CCN(Cc2cc(C(C)(C)C)cc(C(F)(F)F)c2)C1.CN1CCN(Cc2cc(C3CC3)cc(C(C)(C)C)c2)CC1.Cc1ccc(OCc2cccc(C(C)(C)C)c2)c(C(C)C)c1. The van der Waals surface area contributed by atoms with Gasteiger partial charge in [-0.25, -0.2) is 4.39 Å². The molecule has 1 amide bonds. The van der Waals surface area contributed by atoms with Gasteiger partial charge >= 0.3 is 18.5 Å². The lowest BCUT2D eigenvalue weighted by Crippen LogP contribution is -2.48. The molecule has 0 spiro atoms. The monoisotopic (exact) mass is 2020 g/mol. The number of alkyl halides is 9. The second-order valence-electron chi connectivity index (χ2n) is 49.4. The number of halogens is 10. The summed E-state index contributed by atoms with van der Waals surface area (Å²) in [6, 6.07) is 50.5. The zero-order valence-electron chi connectivity index (χ0n) is 93.8. The van der Waals surface area contributed by atoms with Gasteiger partial charge in [-0.1, -0.05) is 275 Å². The molecular formula is C122H179F10N9O4. The molecule has 5 aliphatic heterocycles. The van der Waals surface area contributed by atoms with Crippen LogP contribution in [0.5, 0.6) is 11.5 Å². The molecule has 145 heavy (non-hydrogen) atoms. The summed E-state index contributed by atoms with van der Waals surface area (Å²) < 4.78 is 144. The lowest BCUT2D eigenvalue weighted by atomic mass is 9.84. The molecule has 23 heteroatoms. The van der Waals surface area contributed by atoms with Crippen molar-refractivity contribution in [2.24, 2.45) is 0 Å². The minimum atomic E-state index is -4.33. The predicted molar refractivity (Wildman–Crippen MR) is 580 cm³/mol. The van der Waals surface area contributed by atoms with Crippen LogP contribution >= 0.6 is 0 Å². The van der Waals surface area contributed by atoms with Crippen LogP contribution < -0.4 is 20.1 Å². The molecule has 5 saturated heterocycles. The number of aliphatic hydroxyl groups excluding tert-OH is 1. The number of rotatable bonds is 20. The number of benzene rings is 8. The van der Waals surface area contributed by atoms with Crippen LogP contribution in [0.25, 0.3) is 0 Å². The number of aryl methyl sites for hydroxylation is 1. The second kappa shape index (κ2) is 52.0. The number of piperazine rings is 2. The molecule has 2 unspecified atom stereocenters. The molecule has 0 bridgehead atoms. The number of amides is 1. The molecule has 0 aromatic heterocycles. The summed E-state index contributed by atoms with van der Waals surface area (Å²) in [7, 11) is 6.33. The van der Waals surface area contributed by atoms with Crippen molar-refractivity contribution in [3.05, 3.63) is 269 Å².